The number of alkyl carbamates (subject to hydrolysis) is 1. The predicted octanol–water partition coefficient (Wildman–Crippen LogP) is 1.90. The molecule has 106 valence electrons. The summed E-state index contributed by atoms with van der Waals surface area (Å²) in [5.74, 6) is 1.36. The van der Waals surface area contributed by atoms with E-state index in [9.17, 15) is 9.59 Å². The highest BCUT2D eigenvalue weighted by Crippen LogP contribution is 2.15. The number of rotatable bonds is 6. The van der Waals surface area contributed by atoms with Gasteiger partial charge in [-0.25, -0.2) is 4.79 Å². The van der Waals surface area contributed by atoms with Gasteiger partial charge in [0.25, 0.3) is 0 Å². The van der Waals surface area contributed by atoms with Crippen molar-refractivity contribution in [3.05, 3.63) is 23.7 Å². The Bertz CT molecular complexity index is 428. The summed E-state index contributed by atoms with van der Waals surface area (Å²) in [4.78, 5) is 22.6. The molecule has 1 atom stereocenters. The van der Waals surface area contributed by atoms with Crippen molar-refractivity contribution >= 4 is 12.0 Å². The zero-order valence-corrected chi connectivity index (χ0v) is 11.5. The van der Waals surface area contributed by atoms with Crippen LogP contribution in [0, 0.1) is 6.92 Å². The highest BCUT2D eigenvalue weighted by Gasteiger charge is 2.12. The van der Waals surface area contributed by atoms with E-state index in [0.29, 0.717) is 12.4 Å². The normalized spacial score (nSPS) is 11.7. The van der Waals surface area contributed by atoms with Crippen molar-refractivity contribution in [2.24, 2.45) is 0 Å². The molecule has 0 spiro atoms. The van der Waals surface area contributed by atoms with Crippen molar-refractivity contribution in [1.29, 1.82) is 0 Å². The van der Waals surface area contributed by atoms with Crippen LogP contribution in [-0.2, 0) is 9.53 Å². The predicted molar refractivity (Wildman–Crippen MR) is 69.6 cm³/mol. The van der Waals surface area contributed by atoms with Crippen LogP contribution in [0.5, 0.6) is 0 Å². The molecule has 0 bridgehead atoms. The number of carbonyl (C=O) groups is 2. The number of amides is 2. The highest BCUT2D eigenvalue weighted by molar-refractivity contribution is 5.77. The van der Waals surface area contributed by atoms with Crippen LogP contribution in [0.25, 0.3) is 0 Å². The molecule has 0 aliphatic carbocycles. The number of aryl methyl sites for hydroxylation is 1. The summed E-state index contributed by atoms with van der Waals surface area (Å²) in [5.41, 5.74) is 0. The van der Waals surface area contributed by atoms with Crippen LogP contribution < -0.4 is 10.6 Å². The maximum atomic E-state index is 11.6. The fourth-order valence-electron chi connectivity index (χ4n) is 1.53. The minimum absolute atomic E-state index is 0.154. The lowest BCUT2D eigenvalue weighted by molar-refractivity contribution is -0.121. The number of ether oxygens (including phenoxy) is 1. The van der Waals surface area contributed by atoms with Gasteiger partial charge in [0.2, 0.25) is 5.91 Å². The van der Waals surface area contributed by atoms with Crippen LogP contribution in [0.1, 0.15) is 37.8 Å². The van der Waals surface area contributed by atoms with Crippen LogP contribution in [-0.4, -0.2) is 25.2 Å². The van der Waals surface area contributed by atoms with Gasteiger partial charge in [-0.05, 0) is 32.9 Å². The number of carbonyl (C=O) groups excluding carboxylic acids is 2. The van der Waals surface area contributed by atoms with Crippen molar-refractivity contribution in [3.8, 4) is 0 Å². The third kappa shape index (κ3) is 5.46. The fourth-order valence-corrected chi connectivity index (χ4v) is 1.53. The Kier molecular flexibility index (Phi) is 5.92. The molecule has 0 aromatic carbocycles. The van der Waals surface area contributed by atoms with Crippen LogP contribution in [0.3, 0.4) is 0 Å². The molecular weight excluding hydrogens is 248 g/mol. The molecule has 2 amide bonds. The summed E-state index contributed by atoms with van der Waals surface area (Å²) in [6.07, 6.45) is -0.312. The Morgan fingerprint density at radius 1 is 1.42 bits per heavy atom. The SMILES string of the molecule is CCOC(=O)NCCC(=O)N[C@@H](C)c1ccc(C)o1. The van der Waals surface area contributed by atoms with Gasteiger partial charge in [0.05, 0.1) is 12.6 Å². The summed E-state index contributed by atoms with van der Waals surface area (Å²) in [7, 11) is 0. The van der Waals surface area contributed by atoms with Crippen LogP contribution in [0.4, 0.5) is 4.79 Å². The van der Waals surface area contributed by atoms with Crippen LogP contribution in [0.2, 0.25) is 0 Å². The zero-order chi connectivity index (χ0) is 14.3. The molecule has 6 heteroatoms. The molecule has 19 heavy (non-hydrogen) atoms. The van der Waals surface area contributed by atoms with Gasteiger partial charge in [-0.1, -0.05) is 0 Å². The van der Waals surface area contributed by atoms with Gasteiger partial charge in [-0.15, -0.1) is 0 Å². The van der Waals surface area contributed by atoms with Gasteiger partial charge in [0.1, 0.15) is 11.5 Å². The average Bonchev–Trinajstić information content (AvgIpc) is 2.76. The first-order valence-corrected chi connectivity index (χ1v) is 6.29. The summed E-state index contributed by atoms with van der Waals surface area (Å²) in [5, 5.41) is 5.28. The van der Waals surface area contributed by atoms with E-state index in [1.165, 1.54) is 0 Å². The number of hydrogen-bond acceptors (Lipinski definition) is 4. The molecule has 0 saturated heterocycles. The van der Waals surface area contributed by atoms with Gasteiger partial charge in [0, 0.05) is 13.0 Å². The Morgan fingerprint density at radius 2 is 2.16 bits per heavy atom. The van der Waals surface area contributed by atoms with Crippen LogP contribution >= 0.6 is 0 Å². The second-order valence-corrected chi connectivity index (χ2v) is 4.13. The Balaban J connectivity index is 2.25. The molecule has 0 aliphatic rings. The fraction of sp³-hybridized carbons (Fsp3) is 0.538. The second-order valence-electron chi connectivity index (χ2n) is 4.13. The minimum atomic E-state index is -0.509. The summed E-state index contributed by atoms with van der Waals surface area (Å²) < 4.78 is 10.1. The largest absolute Gasteiger partial charge is 0.464 e. The molecule has 0 aliphatic heterocycles. The van der Waals surface area contributed by atoms with Crippen LogP contribution in [0.15, 0.2) is 16.5 Å². The molecule has 1 aromatic rings. The average molecular weight is 268 g/mol. The molecule has 6 nitrogen and oxygen atoms in total. The Labute approximate surface area is 112 Å². The number of hydrogen-bond donors (Lipinski definition) is 2. The van der Waals surface area contributed by atoms with E-state index >= 15 is 0 Å². The number of furan rings is 1. The van der Waals surface area contributed by atoms with Crippen molar-refractivity contribution in [2.45, 2.75) is 33.2 Å². The standard InChI is InChI=1S/C13H20N2O4/c1-4-18-13(17)14-8-7-12(16)15-10(3)11-6-5-9(2)19-11/h5-6,10H,4,7-8H2,1-3H3,(H,14,17)(H,15,16)/t10-/m0/s1. The molecule has 1 aromatic heterocycles. The molecule has 0 saturated carbocycles. The maximum Gasteiger partial charge on any atom is 0.407 e. The van der Waals surface area contributed by atoms with Gasteiger partial charge < -0.3 is 19.8 Å². The third-order valence-corrected chi connectivity index (χ3v) is 2.46. The summed E-state index contributed by atoms with van der Waals surface area (Å²) >= 11 is 0. The van der Waals surface area contributed by atoms with Crippen molar-refractivity contribution in [1.82, 2.24) is 10.6 Å². The molecule has 0 radical (unpaired) electrons. The lowest BCUT2D eigenvalue weighted by Crippen LogP contribution is -2.32. The van der Waals surface area contributed by atoms with Crippen molar-refractivity contribution in [3.63, 3.8) is 0 Å². The monoisotopic (exact) mass is 268 g/mol. The third-order valence-electron chi connectivity index (χ3n) is 2.46. The molecule has 0 unspecified atom stereocenters. The van der Waals surface area contributed by atoms with Crippen molar-refractivity contribution < 1.29 is 18.7 Å². The van der Waals surface area contributed by atoms with Crippen molar-refractivity contribution in [2.75, 3.05) is 13.2 Å². The Hall–Kier alpha value is -1.98. The van der Waals surface area contributed by atoms with Gasteiger partial charge in [-0.3, -0.25) is 4.79 Å². The van der Waals surface area contributed by atoms with E-state index in [0.717, 1.165) is 5.76 Å². The first-order valence-electron chi connectivity index (χ1n) is 6.29. The minimum Gasteiger partial charge on any atom is -0.464 e. The molecular formula is C13H20N2O4. The highest BCUT2D eigenvalue weighted by atomic mass is 16.5. The van der Waals surface area contributed by atoms with E-state index < -0.39 is 6.09 Å². The first kappa shape index (κ1) is 15.1. The van der Waals surface area contributed by atoms with Gasteiger partial charge in [0.15, 0.2) is 0 Å². The molecule has 0 fully saturated rings. The molecule has 1 heterocycles. The zero-order valence-electron chi connectivity index (χ0n) is 11.5. The van der Waals surface area contributed by atoms with Gasteiger partial charge in [-0.2, -0.15) is 0 Å². The molecule has 2 N–H and O–H groups in total. The maximum absolute atomic E-state index is 11.6. The summed E-state index contributed by atoms with van der Waals surface area (Å²) in [6, 6.07) is 3.49. The summed E-state index contributed by atoms with van der Waals surface area (Å²) in [6.45, 7) is 5.97. The topological polar surface area (TPSA) is 80.6 Å². The van der Waals surface area contributed by atoms with E-state index in [1.54, 1.807) is 6.92 Å². The lowest BCUT2D eigenvalue weighted by Gasteiger charge is -2.11. The second kappa shape index (κ2) is 7.45. The Morgan fingerprint density at radius 3 is 2.74 bits per heavy atom. The van der Waals surface area contributed by atoms with E-state index in [2.05, 4.69) is 15.4 Å². The lowest BCUT2D eigenvalue weighted by atomic mass is 10.2. The number of nitrogens with one attached hydrogen (secondary N) is 2. The van der Waals surface area contributed by atoms with E-state index in [-0.39, 0.29) is 24.9 Å². The quantitative estimate of drug-likeness (QED) is 0.825. The molecule has 1 rings (SSSR count). The van der Waals surface area contributed by atoms with E-state index in [1.807, 2.05) is 26.0 Å². The van der Waals surface area contributed by atoms with E-state index in [4.69, 9.17) is 4.42 Å². The first-order chi connectivity index (χ1) is 9.02. The van der Waals surface area contributed by atoms with Gasteiger partial charge >= 0.3 is 6.09 Å². The smallest absolute Gasteiger partial charge is 0.407 e.